The summed E-state index contributed by atoms with van der Waals surface area (Å²) in [4.78, 5) is 30.0. The van der Waals surface area contributed by atoms with E-state index < -0.39 is 21.7 Å². The van der Waals surface area contributed by atoms with Gasteiger partial charge in [-0.05, 0) is 12.0 Å². The van der Waals surface area contributed by atoms with Gasteiger partial charge in [0.15, 0.2) is 9.84 Å². The van der Waals surface area contributed by atoms with Crippen LogP contribution in [-0.4, -0.2) is 35.5 Å². The molecule has 4 rings (SSSR count). The van der Waals surface area contributed by atoms with Crippen LogP contribution in [0.2, 0.25) is 0 Å². The van der Waals surface area contributed by atoms with Crippen molar-refractivity contribution in [1.29, 1.82) is 0 Å². The number of fused-ring (bicyclic) bond motifs is 1. The molecule has 3 heterocycles. The Labute approximate surface area is 153 Å². The van der Waals surface area contributed by atoms with Gasteiger partial charge in [0, 0.05) is 10.9 Å². The van der Waals surface area contributed by atoms with Crippen molar-refractivity contribution in [3.63, 3.8) is 0 Å². The number of benzene rings is 1. The Morgan fingerprint density at radius 3 is 2.73 bits per heavy atom. The van der Waals surface area contributed by atoms with Crippen LogP contribution in [0, 0.1) is 5.92 Å². The number of hydrogen-bond donors (Lipinski definition) is 1. The van der Waals surface area contributed by atoms with Gasteiger partial charge in [-0.2, -0.15) is 0 Å². The zero-order chi connectivity index (χ0) is 18.3. The van der Waals surface area contributed by atoms with Crippen molar-refractivity contribution < 1.29 is 13.2 Å². The van der Waals surface area contributed by atoms with Gasteiger partial charge in [-0.1, -0.05) is 30.3 Å². The fraction of sp³-hybridized carbons (Fsp3) is 0.235. The van der Waals surface area contributed by atoms with Gasteiger partial charge >= 0.3 is 0 Å². The van der Waals surface area contributed by atoms with E-state index in [9.17, 15) is 18.0 Å². The average Bonchev–Trinajstić information content (AvgIpc) is 3.22. The number of carbonyl (C=O) groups excluding carboxylic acids is 1. The molecule has 0 aliphatic carbocycles. The molecule has 3 aromatic rings. The van der Waals surface area contributed by atoms with Crippen molar-refractivity contribution in [1.82, 2.24) is 9.66 Å². The molecule has 2 aromatic heterocycles. The lowest BCUT2D eigenvalue weighted by molar-refractivity contribution is -0.120. The van der Waals surface area contributed by atoms with Crippen molar-refractivity contribution in [3.8, 4) is 11.1 Å². The lowest BCUT2D eigenvalue weighted by atomic mass is 10.1. The zero-order valence-electron chi connectivity index (χ0n) is 13.6. The molecule has 1 aliphatic rings. The maximum atomic E-state index is 12.9. The summed E-state index contributed by atoms with van der Waals surface area (Å²) in [6.45, 7) is 0. The summed E-state index contributed by atoms with van der Waals surface area (Å²) in [5.41, 5.74) is 3.76. The number of nitrogens with zero attached hydrogens (tertiary/aromatic N) is 2. The van der Waals surface area contributed by atoms with Gasteiger partial charge in [-0.3, -0.25) is 15.0 Å². The maximum Gasteiger partial charge on any atom is 0.281 e. The highest BCUT2D eigenvalue weighted by Gasteiger charge is 2.33. The molecule has 1 atom stereocenters. The summed E-state index contributed by atoms with van der Waals surface area (Å²) in [6.07, 6.45) is 1.53. The number of carbonyl (C=O) groups is 1. The number of amides is 1. The molecule has 9 heteroatoms. The predicted molar refractivity (Wildman–Crippen MR) is 100 cm³/mol. The molecule has 1 aliphatic heterocycles. The molecule has 7 nitrogen and oxygen atoms in total. The molecule has 0 bridgehead atoms. The molecule has 1 amide bonds. The topological polar surface area (TPSA) is 98.1 Å². The summed E-state index contributed by atoms with van der Waals surface area (Å²) >= 11 is 1.36. The van der Waals surface area contributed by atoms with Gasteiger partial charge < -0.3 is 0 Å². The molecule has 1 fully saturated rings. The van der Waals surface area contributed by atoms with Crippen molar-refractivity contribution >= 4 is 37.3 Å². The number of sulfone groups is 1. The van der Waals surface area contributed by atoms with Crippen molar-refractivity contribution in [2.45, 2.75) is 6.42 Å². The largest absolute Gasteiger partial charge is 0.281 e. The minimum absolute atomic E-state index is 0.0000432. The van der Waals surface area contributed by atoms with E-state index in [1.165, 1.54) is 17.7 Å². The quantitative estimate of drug-likeness (QED) is 0.734. The van der Waals surface area contributed by atoms with E-state index in [4.69, 9.17) is 0 Å². The van der Waals surface area contributed by atoms with Crippen LogP contribution in [0.4, 0.5) is 0 Å². The van der Waals surface area contributed by atoms with Crippen molar-refractivity contribution in [3.05, 3.63) is 52.4 Å². The first-order valence-electron chi connectivity index (χ1n) is 8.00. The first-order valence-corrected chi connectivity index (χ1v) is 10.7. The van der Waals surface area contributed by atoms with Crippen LogP contribution >= 0.6 is 11.3 Å². The van der Waals surface area contributed by atoms with E-state index in [-0.39, 0.29) is 23.5 Å². The van der Waals surface area contributed by atoms with Crippen LogP contribution in [0.1, 0.15) is 6.42 Å². The minimum Gasteiger partial charge on any atom is -0.273 e. The summed E-state index contributed by atoms with van der Waals surface area (Å²) < 4.78 is 24.1. The third-order valence-electron chi connectivity index (χ3n) is 4.41. The summed E-state index contributed by atoms with van der Waals surface area (Å²) in [5, 5.41) is 2.30. The Balaban J connectivity index is 1.70. The molecule has 1 aromatic carbocycles. The van der Waals surface area contributed by atoms with E-state index in [0.29, 0.717) is 10.2 Å². The number of nitrogens with one attached hydrogen (secondary N) is 1. The Kier molecular flexibility index (Phi) is 4.12. The van der Waals surface area contributed by atoms with E-state index >= 15 is 0 Å². The standard InChI is InChI=1S/C17H15N3O4S2/c21-15(12-6-7-26(23,24)9-12)19-20-10-18-16-14(17(20)22)13(8-25-16)11-4-2-1-3-5-11/h1-5,8,10,12H,6-7,9H2,(H,19,21). The zero-order valence-corrected chi connectivity index (χ0v) is 15.2. The Morgan fingerprint density at radius 2 is 2.04 bits per heavy atom. The monoisotopic (exact) mass is 389 g/mol. The third kappa shape index (κ3) is 3.04. The van der Waals surface area contributed by atoms with Gasteiger partial charge in [-0.15, -0.1) is 11.3 Å². The Morgan fingerprint density at radius 1 is 1.27 bits per heavy atom. The van der Waals surface area contributed by atoms with E-state index in [0.717, 1.165) is 15.8 Å². The van der Waals surface area contributed by atoms with Gasteiger partial charge in [0.25, 0.3) is 5.56 Å². The minimum atomic E-state index is -3.17. The summed E-state index contributed by atoms with van der Waals surface area (Å²) in [6, 6.07) is 9.47. The van der Waals surface area contributed by atoms with E-state index in [1.807, 2.05) is 35.7 Å². The van der Waals surface area contributed by atoms with Crippen LogP contribution in [0.5, 0.6) is 0 Å². The van der Waals surface area contributed by atoms with Crippen LogP contribution in [0.25, 0.3) is 21.3 Å². The SMILES string of the molecule is O=C(Nn1cnc2scc(-c3ccccc3)c2c1=O)C1CCS(=O)(=O)C1. The highest BCUT2D eigenvalue weighted by Crippen LogP contribution is 2.30. The number of thiophene rings is 1. The lowest BCUT2D eigenvalue weighted by Gasteiger charge is -2.11. The lowest BCUT2D eigenvalue weighted by Crippen LogP contribution is -2.37. The second-order valence-corrected chi connectivity index (χ2v) is 9.28. The number of rotatable bonds is 3. The van der Waals surface area contributed by atoms with Gasteiger partial charge in [0.1, 0.15) is 11.2 Å². The molecule has 1 saturated heterocycles. The Bertz CT molecular complexity index is 1150. The fourth-order valence-electron chi connectivity index (χ4n) is 3.05. The molecule has 134 valence electrons. The molecule has 0 saturated carbocycles. The fourth-order valence-corrected chi connectivity index (χ4v) is 5.70. The maximum absolute atomic E-state index is 12.9. The van der Waals surface area contributed by atoms with Crippen molar-refractivity contribution in [2.75, 3.05) is 16.9 Å². The van der Waals surface area contributed by atoms with Crippen LogP contribution in [0.15, 0.2) is 46.8 Å². The molecule has 0 spiro atoms. The molecule has 1 N–H and O–H groups in total. The number of aromatic nitrogens is 2. The average molecular weight is 389 g/mol. The third-order valence-corrected chi connectivity index (χ3v) is 7.07. The van der Waals surface area contributed by atoms with Crippen molar-refractivity contribution in [2.24, 2.45) is 5.92 Å². The first-order chi connectivity index (χ1) is 12.4. The first kappa shape index (κ1) is 16.9. The van der Waals surface area contributed by atoms with Gasteiger partial charge in [-0.25, -0.2) is 18.1 Å². The van der Waals surface area contributed by atoms with Gasteiger partial charge in [0.2, 0.25) is 5.91 Å². The molecular formula is C17H15N3O4S2. The summed E-state index contributed by atoms with van der Waals surface area (Å²) in [7, 11) is -3.17. The molecule has 1 unspecified atom stereocenters. The molecular weight excluding hydrogens is 374 g/mol. The molecule has 0 radical (unpaired) electrons. The normalized spacial score (nSPS) is 18.8. The summed E-state index contributed by atoms with van der Waals surface area (Å²) in [5.74, 6) is -1.30. The van der Waals surface area contributed by atoms with Crippen LogP contribution in [0.3, 0.4) is 0 Å². The molecule has 26 heavy (non-hydrogen) atoms. The second kappa shape index (κ2) is 6.33. The van der Waals surface area contributed by atoms with E-state index in [2.05, 4.69) is 10.4 Å². The highest BCUT2D eigenvalue weighted by atomic mass is 32.2. The smallest absolute Gasteiger partial charge is 0.273 e. The van der Waals surface area contributed by atoms with Gasteiger partial charge in [0.05, 0.1) is 22.8 Å². The Hall–Kier alpha value is -2.52. The number of hydrogen-bond acceptors (Lipinski definition) is 6. The second-order valence-electron chi connectivity index (χ2n) is 6.19. The van der Waals surface area contributed by atoms with Crippen LogP contribution < -0.4 is 11.0 Å². The highest BCUT2D eigenvalue weighted by molar-refractivity contribution is 7.91. The van der Waals surface area contributed by atoms with Crippen LogP contribution in [-0.2, 0) is 14.6 Å². The predicted octanol–water partition coefficient (Wildman–Crippen LogP) is 1.63. The van der Waals surface area contributed by atoms with E-state index in [1.54, 1.807) is 0 Å².